The molecular formula is C20H21N3O4. The van der Waals surface area contributed by atoms with E-state index in [0.717, 1.165) is 16.7 Å². The summed E-state index contributed by atoms with van der Waals surface area (Å²) in [6, 6.07) is 8.78. The van der Waals surface area contributed by atoms with Crippen molar-refractivity contribution in [1.29, 1.82) is 0 Å². The van der Waals surface area contributed by atoms with Crippen molar-refractivity contribution in [3.63, 3.8) is 0 Å². The van der Waals surface area contributed by atoms with Gasteiger partial charge in [-0.25, -0.2) is 9.59 Å². The maximum atomic E-state index is 12.5. The molecule has 3 N–H and O–H groups in total. The highest BCUT2D eigenvalue weighted by Gasteiger charge is 2.21. The third-order valence-electron chi connectivity index (χ3n) is 4.32. The van der Waals surface area contributed by atoms with E-state index in [1.165, 1.54) is 6.92 Å². The quantitative estimate of drug-likeness (QED) is 0.617. The van der Waals surface area contributed by atoms with Crippen molar-refractivity contribution in [2.75, 3.05) is 5.32 Å². The van der Waals surface area contributed by atoms with Crippen molar-refractivity contribution in [2.45, 2.75) is 33.8 Å². The molecule has 3 rings (SSSR count). The van der Waals surface area contributed by atoms with Crippen LogP contribution >= 0.6 is 0 Å². The van der Waals surface area contributed by atoms with E-state index < -0.39 is 18.0 Å². The normalized spacial score (nSPS) is 12.0. The van der Waals surface area contributed by atoms with E-state index in [4.69, 9.17) is 4.74 Å². The van der Waals surface area contributed by atoms with Crippen molar-refractivity contribution in [3.05, 3.63) is 63.1 Å². The second kappa shape index (κ2) is 7.11. The fourth-order valence-electron chi connectivity index (χ4n) is 3.13. The van der Waals surface area contributed by atoms with Gasteiger partial charge in [0.2, 0.25) is 0 Å². The first-order valence-electron chi connectivity index (χ1n) is 8.56. The number of nitrogens with one attached hydrogen (secondary N) is 3. The Bertz CT molecular complexity index is 1070. The van der Waals surface area contributed by atoms with Crippen molar-refractivity contribution in [1.82, 2.24) is 9.97 Å². The molecule has 140 valence electrons. The van der Waals surface area contributed by atoms with Gasteiger partial charge in [-0.05, 0) is 57.0 Å². The van der Waals surface area contributed by atoms with Crippen LogP contribution in [0.4, 0.5) is 5.69 Å². The minimum atomic E-state index is -0.974. The van der Waals surface area contributed by atoms with E-state index in [1.54, 1.807) is 18.2 Å². The summed E-state index contributed by atoms with van der Waals surface area (Å²) >= 11 is 0. The second-order valence-corrected chi connectivity index (χ2v) is 6.65. The number of ether oxygens (including phenoxy) is 1. The molecule has 0 aliphatic carbocycles. The molecule has 0 fully saturated rings. The van der Waals surface area contributed by atoms with Crippen LogP contribution in [0.25, 0.3) is 11.0 Å². The third-order valence-corrected chi connectivity index (χ3v) is 4.32. The number of fused-ring (bicyclic) bond motifs is 1. The number of carbonyl (C=O) groups excluding carboxylic acids is 2. The molecule has 1 heterocycles. The lowest BCUT2D eigenvalue weighted by molar-refractivity contribution is -0.123. The lowest BCUT2D eigenvalue weighted by Gasteiger charge is -2.16. The highest BCUT2D eigenvalue weighted by molar-refractivity contribution is 5.99. The number of hydrogen-bond acceptors (Lipinski definition) is 4. The van der Waals surface area contributed by atoms with E-state index in [1.807, 2.05) is 32.9 Å². The highest BCUT2D eigenvalue weighted by Crippen LogP contribution is 2.19. The molecule has 3 aromatic rings. The largest absolute Gasteiger partial charge is 0.449 e. The minimum absolute atomic E-state index is 0.320. The molecule has 7 nitrogen and oxygen atoms in total. The Morgan fingerprint density at radius 3 is 2.30 bits per heavy atom. The van der Waals surface area contributed by atoms with Gasteiger partial charge >= 0.3 is 11.7 Å². The van der Waals surface area contributed by atoms with E-state index >= 15 is 0 Å². The first kappa shape index (κ1) is 18.4. The predicted octanol–water partition coefficient (Wildman–Crippen LogP) is 2.97. The fraction of sp³-hybridized carbons (Fsp3) is 0.250. The van der Waals surface area contributed by atoms with Crippen molar-refractivity contribution in [3.8, 4) is 0 Å². The highest BCUT2D eigenvalue weighted by atomic mass is 16.5. The second-order valence-electron chi connectivity index (χ2n) is 6.65. The number of aromatic amines is 2. The summed E-state index contributed by atoms with van der Waals surface area (Å²) in [7, 11) is 0. The van der Waals surface area contributed by atoms with E-state index in [-0.39, 0.29) is 5.69 Å². The Morgan fingerprint density at radius 1 is 1.00 bits per heavy atom. The third kappa shape index (κ3) is 3.92. The predicted molar refractivity (Wildman–Crippen MR) is 103 cm³/mol. The van der Waals surface area contributed by atoms with Gasteiger partial charge in [-0.15, -0.1) is 0 Å². The number of aryl methyl sites for hydroxylation is 3. The number of rotatable bonds is 4. The van der Waals surface area contributed by atoms with Gasteiger partial charge in [0.15, 0.2) is 6.10 Å². The molecule has 0 saturated heterocycles. The SMILES string of the molecule is Cc1cc(C)c(C(=O)OC(C)C(=O)Nc2ccc3[nH]c(=O)[nH]c3c2)c(C)c1. The molecular weight excluding hydrogens is 346 g/mol. The van der Waals surface area contributed by atoms with Crippen LogP contribution in [0.5, 0.6) is 0 Å². The lowest BCUT2D eigenvalue weighted by Crippen LogP contribution is -2.30. The number of amides is 1. The van der Waals surface area contributed by atoms with Gasteiger partial charge in [0.05, 0.1) is 16.6 Å². The molecule has 0 radical (unpaired) electrons. The lowest BCUT2D eigenvalue weighted by atomic mass is 10.00. The molecule has 0 saturated carbocycles. The zero-order valence-corrected chi connectivity index (χ0v) is 15.6. The van der Waals surface area contributed by atoms with Crippen LogP contribution < -0.4 is 11.0 Å². The van der Waals surface area contributed by atoms with Crippen LogP contribution in [0.15, 0.2) is 35.1 Å². The van der Waals surface area contributed by atoms with E-state index in [9.17, 15) is 14.4 Å². The molecule has 1 unspecified atom stereocenters. The Hall–Kier alpha value is -3.35. The Labute approximate surface area is 155 Å². The summed E-state index contributed by atoms with van der Waals surface area (Å²) in [5, 5.41) is 2.69. The summed E-state index contributed by atoms with van der Waals surface area (Å²) in [6.07, 6.45) is -0.974. The zero-order valence-electron chi connectivity index (χ0n) is 15.6. The van der Waals surface area contributed by atoms with Crippen LogP contribution in [-0.2, 0) is 9.53 Å². The monoisotopic (exact) mass is 367 g/mol. The van der Waals surface area contributed by atoms with Crippen LogP contribution in [0, 0.1) is 20.8 Å². The maximum Gasteiger partial charge on any atom is 0.339 e. The molecule has 0 bridgehead atoms. The summed E-state index contributed by atoms with van der Waals surface area (Å²) in [5.74, 6) is -0.985. The van der Waals surface area contributed by atoms with Gasteiger partial charge in [0, 0.05) is 5.69 Å². The number of aromatic nitrogens is 2. The van der Waals surface area contributed by atoms with Gasteiger partial charge in [-0.1, -0.05) is 17.7 Å². The number of anilines is 1. The van der Waals surface area contributed by atoms with Gasteiger partial charge in [-0.3, -0.25) is 4.79 Å². The van der Waals surface area contributed by atoms with Gasteiger partial charge < -0.3 is 20.0 Å². The Balaban J connectivity index is 1.71. The summed E-state index contributed by atoms with van der Waals surface area (Å²) in [5.41, 5.74) is 4.56. The molecule has 1 amide bonds. The van der Waals surface area contributed by atoms with Crippen LogP contribution in [-0.4, -0.2) is 27.9 Å². The van der Waals surface area contributed by atoms with E-state index in [0.29, 0.717) is 22.3 Å². The zero-order chi connectivity index (χ0) is 19.7. The first-order valence-corrected chi connectivity index (χ1v) is 8.56. The first-order chi connectivity index (χ1) is 12.7. The van der Waals surface area contributed by atoms with Gasteiger partial charge in [0.1, 0.15) is 0 Å². The average Bonchev–Trinajstić information content (AvgIpc) is 2.93. The maximum absolute atomic E-state index is 12.5. The molecule has 2 aromatic carbocycles. The number of benzene rings is 2. The molecule has 0 spiro atoms. The summed E-state index contributed by atoms with van der Waals surface area (Å²) in [6.45, 7) is 7.16. The van der Waals surface area contributed by atoms with Crippen molar-refractivity contribution in [2.24, 2.45) is 0 Å². The smallest absolute Gasteiger partial charge is 0.339 e. The minimum Gasteiger partial charge on any atom is -0.449 e. The van der Waals surface area contributed by atoms with Gasteiger partial charge in [-0.2, -0.15) is 0 Å². The van der Waals surface area contributed by atoms with Crippen molar-refractivity contribution < 1.29 is 14.3 Å². The number of imidazole rings is 1. The summed E-state index contributed by atoms with van der Waals surface area (Å²) < 4.78 is 5.35. The molecule has 0 aliphatic heterocycles. The number of H-pyrrole nitrogens is 2. The molecule has 0 aliphatic rings. The van der Waals surface area contributed by atoms with Crippen LogP contribution in [0.2, 0.25) is 0 Å². The molecule has 1 aromatic heterocycles. The number of esters is 1. The van der Waals surface area contributed by atoms with Gasteiger partial charge in [0.25, 0.3) is 5.91 Å². The summed E-state index contributed by atoms with van der Waals surface area (Å²) in [4.78, 5) is 41.4. The number of carbonyl (C=O) groups is 2. The molecule has 27 heavy (non-hydrogen) atoms. The van der Waals surface area contributed by atoms with E-state index in [2.05, 4.69) is 15.3 Å². The molecule has 7 heteroatoms. The topological polar surface area (TPSA) is 104 Å². The fourth-order valence-corrected chi connectivity index (χ4v) is 3.13. The molecule has 1 atom stereocenters. The Morgan fingerprint density at radius 2 is 1.63 bits per heavy atom. The van der Waals surface area contributed by atoms with Crippen molar-refractivity contribution >= 4 is 28.6 Å². The standard InChI is InChI=1S/C20H21N3O4/c1-10-7-11(2)17(12(3)8-10)19(25)27-13(4)18(24)21-14-5-6-15-16(9-14)23-20(26)22-15/h5-9,13H,1-4H3,(H,21,24)(H2,22,23,26). The number of hydrogen-bond donors (Lipinski definition) is 3. The average molecular weight is 367 g/mol. The van der Waals surface area contributed by atoms with Crippen LogP contribution in [0.3, 0.4) is 0 Å². The Kier molecular flexibility index (Phi) is 4.85. The van der Waals surface area contributed by atoms with Crippen LogP contribution in [0.1, 0.15) is 34.0 Å².